The Morgan fingerprint density at radius 2 is 1.93 bits per heavy atom. The van der Waals surface area contributed by atoms with Crippen molar-refractivity contribution in [2.75, 3.05) is 6.26 Å². The normalized spacial score (nSPS) is 13.5. The molecule has 1 rings (SSSR count). The van der Waals surface area contributed by atoms with Gasteiger partial charge in [-0.05, 0) is 19.9 Å². The fourth-order valence-corrected chi connectivity index (χ4v) is 1.75. The first-order valence-corrected chi connectivity index (χ1v) is 6.57. The van der Waals surface area contributed by atoms with Crippen molar-refractivity contribution in [3.05, 3.63) is 35.4 Å². The second kappa shape index (κ2) is 4.14. The average molecular weight is 226 g/mol. The van der Waals surface area contributed by atoms with Gasteiger partial charge in [0.05, 0.1) is 0 Å². The number of hydrogen-bond acceptors (Lipinski definition) is 3. The second-order valence-electron chi connectivity index (χ2n) is 3.71. The molecule has 3 nitrogen and oxygen atoms in total. The molecule has 1 atom stereocenters. The molecule has 15 heavy (non-hydrogen) atoms. The summed E-state index contributed by atoms with van der Waals surface area (Å²) < 4.78 is 22.4. The summed E-state index contributed by atoms with van der Waals surface area (Å²) in [5.74, 6) is -0.346. The lowest BCUT2D eigenvalue weighted by Gasteiger charge is -2.08. The van der Waals surface area contributed by atoms with E-state index < -0.39 is 15.1 Å². The van der Waals surface area contributed by atoms with E-state index in [1.807, 2.05) is 13.0 Å². The van der Waals surface area contributed by atoms with Gasteiger partial charge < -0.3 is 0 Å². The van der Waals surface area contributed by atoms with Gasteiger partial charge in [0, 0.05) is 11.8 Å². The van der Waals surface area contributed by atoms with E-state index in [0.717, 1.165) is 11.8 Å². The van der Waals surface area contributed by atoms with Gasteiger partial charge in [-0.3, -0.25) is 4.79 Å². The van der Waals surface area contributed by atoms with Crippen molar-refractivity contribution in [3.8, 4) is 0 Å². The van der Waals surface area contributed by atoms with Gasteiger partial charge in [-0.1, -0.05) is 23.8 Å². The molecular weight excluding hydrogens is 212 g/mol. The van der Waals surface area contributed by atoms with Crippen LogP contribution in [0.2, 0.25) is 0 Å². The summed E-state index contributed by atoms with van der Waals surface area (Å²) in [6, 6.07) is 6.94. The first-order valence-electron chi connectivity index (χ1n) is 4.62. The standard InChI is InChI=1S/C11H14O3S/c1-8-5-4-6-10(7-8)11(12)9(2)15(3,13)14/h4-7,9H,1-3H3/t9-/m0/s1. The Morgan fingerprint density at radius 3 is 2.40 bits per heavy atom. The van der Waals surface area contributed by atoms with Crippen LogP contribution in [0.1, 0.15) is 22.8 Å². The second-order valence-corrected chi connectivity index (χ2v) is 6.07. The van der Waals surface area contributed by atoms with Gasteiger partial charge in [-0.25, -0.2) is 8.42 Å². The number of sulfone groups is 1. The van der Waals surface area contributed by atoms with Crippen LogP contribution in [0.3, 0.4) is 0 Å². The van der Waals surface area contributed by atoms with E-state index in [9.17, 15) is 13.2 Å². The third-order valence-electron chi connectivity index (χ3n) is 2.31. The lowest BCUT2D eigenvalue weighted by atomic mass is 10.1. The minimum Gasteiger partial charge on any atom is -0.293 e. The number of carbonyl (C=O) groups excluding carboxylic acids is 1. The highest BCUT2D eigenvalue weighted by Crippen LogP contribution is 2.11. The molecule has 0 aromatic heterocycles. The molecule has 0 N–H and O–H groups in total. The van der Waals surface area contributed by atoms with Gasteiger partial charge >= 0.3 is 0 Å². The quantitative estimate of drug-likeness (QED) is 0.736. The summed E-state index contributed by atoms with van der Waals surface area (Å²) in [5.41, 5.74) is 1.40. The lowest BCUT2D eigenvalue weighted by Crippen LogP contribution is -2.26. The molecule has 0 aliphatic rings. The van der Waals surface area contributed by atoms with E-state index in [0.29, 0.717) is 5.56 Å². The van der Waals surface area contributed by atoms with E-state index in [-0.39, 0.29) is 5.78 Å². The maximum Gasteiger partial charge on any atom is 0.180 e. The third kappa shape index (κ3) is 2.89. The van der Waals surface area contributed by atoms with Crippen molar-refractivity contribution in [2.45, 2.75) is 19.1 Å². The zero-order valence-electron chi connectivity index (χ0n) is 9.02. The number of aryl methyl sites for hydroxylation is 1. The molecule has 0 amide bonds. The highest BCUT2D eigenvalue weighted by Gasteiger charge is 2.24. The molecule has 0 fully saturated rings. The van der Waals surface area contributed by atoms with E-state index in [1.54, 1.807) is 18.2 Å². The van der Waals surface area contributed by atoms with E-state index in [1.165, 1.54) is 6.92 Å². The monoisotopic (exact) mass is 226 g/mol. The number of ketones is 1. The molecule has 0 saturated carbocycles. The van der Waals surface area contributed by atoms with Crippen LogP contribution >= 0.6 is 0 Å². The van der Waals surface area contributed by atoms with Crippen molar-refractivity contribution in [1.29, 1.82) is 0 Å². The van der Waals surface area contributed by atoms with Gasteiger partial charge in [-0.15, -0.1) is 0 Å². The van der Waals surface area contributed by atoms with Crippen molar-refractivity contribution < 1.29 is 13.2 Å². The van der Waals surface area contributed by atoms with Crippen LogP contribution in [0, 0.1) is 6.92 Å². The topological polar surface area (TPSA) is 51.2 Å². The smallest absolute Gasteiger partial charge is 0.180 e. The lowest BCUT2D eigenvalue weighted by molar-refractivity contribution is 0.0991. The molecule has 1 aromatic carbocycles. The largest absolute Gasteiger partial charge is 0.293 e. The number of carbonyl (C=O) groups is 1. The maximum absolute atomic E-state index is 11.8. The van der Waals surface area contributed by atoms with Gasteiger partial charge in [0.15, 0.2) is 15.6 Å². The molecule has 0 radical (unpaired) electrons. The molecule has 4 heteroatoms. The Kier molecular flexibility index (Phi) is 3.29. The number of rotatable bonds is 3. The molecular formula is C11H14O3S. The van der Waals surface area contributed by atoms with Crippen molar-refractivity contribution >= 4 is 15.6 Å². The molecule has 0 spiro atoms. The van der Waals surface area contributed by atoms with E-state index in [4.69, 9.17) is 0 Å². The summed E-state index contributed by atoms with van der Waals surface area (Å²) in [4.78, 5) is 11.8. The summed E-state index contributed by atoms with van der Waals surface area (Å²) in [6.07, 6.45) is 1.07. The molecule has 0 aliphatic carbocycles. The number of Topliss-reactive ketones (excluding diaryl/α,β-unsaturated/α-hetero) is 1. The molecule has 0 bridgehead atoms. The molecule has 0 unspecified atom stereocenters. The molecule has 0 heterocycles. The Morgan fingerprint density at radius 1 is 1.33 bits per heavy atom. The van der Waals surface area contributed by atoms with Crippen molar-refractivity contribution in [2.24, 2.45) is 0 Å². The fourth-order valence-electron chi connectivity index (χ4n) is 1.23. The minimum atomic E-state index is -3.31. The van der Waals surface area contributed by atoms with Gasteiger partial charge in [0.2, 0.25) is 0 Å². The van der Waals surface area contributed by atoms with Crippen LogP contribution in [0.4, 0.5) is 0 Å². The zero-order chi connectivity index (χ0) is 11.6. The minimum absolute atomic E-state index is 0.346. The van der Waals surface area contributed by atoms with Crippen LogP contribution in [0.15, 0.2) is 24.3 Å². The summed E-state index contributed by atoms with van der Waals surface area (Å²) >= 11 is 0. The Hall–Kier alpha value is -1.16. The Labute approximate surface area is 90.0 Å². The average Bonchev–Trinajstić information content (AvgIpc) is 2.14. The predicted molar refractivity (Wildman–Crippen MR) is 59.8 cm³/mol. The van der Waals surface area contributed by atoms with Crippen LogP contribution in [-0.4, -0.2) is 25.7 Å². The SMILES string of the molecule is Cc1cccc(C(=O)[C@H](C)S(C)(=O)=O)c1. The van der Waals surface area contributed by atoms with Crippen molar-refractivity contribution in [3.63, 3.8) is 0 Å². The van der Waals surface area contributed by atoms with Crippen LogP contribution in [0.5, 0.6) is 0 Å². The number of hydrogen-bond donors (Lipinski definition) is 0. The first-order chi connectivity index (χ1) is 6.82. The van der Waals surface area contributed by atoms with Gasteiger partial charge in [-0.2, -0.15) is 0 Å². The van der Waals surface area contributed by atoms with E-state index >= 15 is 0 Å². The van der Waals surface area contributed by atoms with Gasteiger partial charge in [0.25, 0.3) is 0 Å². The summed E-state index contributed by atoms with van der Waals surface area (Å²) in [5, 5.41) is -0.973. The third-order valence-corrected chi connectivity index (χ3v) is 3.81. The predicted octanol–water partition coefficient (Wildman–Crippen LogP) is 1.61. The summed E-state index contributed by atoms with van der Waals surface area (Å²) in [7, 11) is -3.31. The highest BCUT2D eigenvalue weighted by atomic mass is 32.2. The molecule has 0 aliphatic heterocycles. The zero-order valence-corrected chi connectivity index (χ0v) is 9.84. The Bertz CT molecular complexity index is 474. The van der Waals surface area contributed by atoms with Crippen molar-refractivity contribution in [1.82, 2.24) is 0 Å². The first kappa shape index (κ1) is 11.9. The highest BCUT2D eigenvalue weighted by molar-refractivity contribution is 7.92. The van der Waals surface area contributed by atoms with Crippen LogP contribution < -0.4 is 0 Å². The molecule has 82 valence electrons. The van der Waals surface area contributed by atoms with Crippen LogP contribution in [-0.2, 0) is 9.84 Å². The van der Waals surface area contributed by atoms with Gasteiger partial charge in [0.1, 0.15) is 5.25 Å². The molecule has 0 saturated heterocycles. The molecule has 1 aromatic rings. The maximum atomic E-state index is 11.8. The number of benzene rings is 1. The summed E-state index contributed by atoms with van der Waals surface area (Å²) in [6.45, 7) is 3.28. The van der Waals surface area contributed by atoms with E-state index in [2.05, 4.69) is 0 Å². The van der Waals surface area contributed by atoms with Crippen LogP contribution in [0.25, 0.3) is 0 Å². The Balaban J connectivity index is 3.06. The fraction of sp³-hybridized carbons (Fsp3) is 0.364.